The quantitative estimate of drug-likeness (QED) is 0.773. The zero-order chi connectivity index (χ0) is 10.8. The first-order valence-electron chi connectivity index (χ1n) is 6.05. The monoisotopic (exact) mass is 215 g/mol. The molecule has 3 rings (SSSR count). The van der Waals surface area contributed by atoms with E-state index in [1.54, 1.807) is 0 Å². The summed E-state index contributed by atoms with van der Waals surface area (Å²) in [7, 11) is 0. The van der Waals surface area contributed by atoms with E-state index in [-0.39, 0.29) is 0 Å². The molecule has 1 N–H and O–H groups in total. The Morgan fingerprint density at radius 3 is 3.00 bits per heavy atom. The van der Waals surface area contributed by atoms with Crippen molar-refractivity contribution in [3.05, 3.63) is 35.9 Å². The van der Waals surface area contributed by atoms with Crippen molar-refractivity contribution in [1.82, 2.24) is 10.2 Å². The Morgan fingerprint density at radius 2 is 2.12 bits per heavy atom. The van der Waals surface area contributed by atoms with Crippen LogP contribution >= 0.6 is 0 Å². The zero-order valence-corrected chi connectivity index (χ0v) is 9.39. The van der Waals surface area contributed by atoms with Gasteiger partial charge in [0.15, 0.2) is 5.96 Å². The van der Waals surface area contributed by atoms with E-state index < -0.39 is 0 Å². The summed E-state index contributed by atoms with van der Waals surface area (Å²) < 4.78 is 0. The highest BCUT2D eigenvalue weighted by molar-refractivity contribution is 5.81. The zero-order valence-electron chi connectivity index (χ0n) is 9.39. The molecule has 0 bridgehead atoms. The van der Waals surface area contributed by atoms with Gasteiger partial charge in [0, 0.05) is 19.6 Å². The average Bonchev–Trinajstić information content (AvgIpc) is 2.39. The second-order valence-electron chi connectivity index (χ2n) is 4.39. The minimum Gasteiger partial charge on any atom is -0.356 e. The first-order chi connectivity index (χ1) is 7.95. The Morgan fingerprint density at radius 1 is 1.25 bits per heavy atom. The van der Waals surface area contributed by atoms with Gasteiger partial charge in [0.2, 0.25) is 0 Å². The van der Waals surface area contributed by atoms with E-state index in [1.165, 1.54) is 18.4 Å². The fourth-order valence-electron chi connectivity index (χ4n) is 2.58. The molecule has 1 aromatic carbocycles. The number of rotatable bonds is 1. The van der Waals surface area contributed by atoms with Crippen molar-refractivity contribution in [3.8, 4) is 0 Å². The predicted molar refractivity (Wildman–Crippen MR) is 65.4 cm³/mol. The molecule has 2 aliphatic rings. The van der Waals surface area contributed by atoms with Crippen molar-refractivity contribution in [2.75, 3.05) is 19.6 Å². The van der Waals surface area contributed by atoms with Gasteiger partial charge in [-0.2, -0.15) is 0 Å². The second-order valence-corrected chi connectivity index (χ2v) is 4.39. The van der Waals surface area contributed by atoms with Crippen molar-refractivity contribution < 1.29 is 0 Å². The van der Waals surface area contributed by atoms with Crippen LogP contribution in [0.2, 0.25) is 0 Å². The van der Waals surface area contributed by atoms with E-state index in [9.17, 15) is 0 Å². The number of hydrogen-bond donors (Lipinski definition) is 1. The Hall–Kier alpha value is -1.51. The number of guanidine groups is 1. The van der Waals surface area contributed by atoms with E-state index in [1.807, 2.05) is 0 Å². The van der Waals surface area contributed by atoms with Crippen LogP contribution in [0, 0.1) is 0 Å². The number of nitrogens with zero attached hydrogens (tertiary/aromatic N) is 2. The van der Waals surface area contributed by atoms with Crippen LogP contribution in [0.1, 0.15) is 24.4 Å². The number of hydrogen-bond acceptors (Lipinski definition) is 3. The lowest BCUT2D eigenvalue weighted by Crippen LogP contribution is -2.51. The third-order valence-electron chi connectivity index (χ3n) is 3.35. The van der Waals surface area contributed by atoms with Crippen LogP contribution in [0.4, 0.5) is 0 Å². The highest BCUT2D eigenvalue weighted by Gasteiger charge is 2.28. The van der Waals surface area contributed by atoms with E-state index in [2.05, 4.69) is 45.5 Å². The summed E-state index contributed by atoms with van der Waals surface area (Å²) in [4.78, 5) is 6.98. The van der Waals surface area contributed by atoms with Crippen LogP contribution in [-0.4, -0.2) is 30.5 Å². The van der Waals surface area contributed by atoms with Gasteiger partial charge in [0.05, 0.1) is 6.04 Å². The fourth-order valence-corrected chi connectivity index (χ4v) is 2.58. The molecule has 2 heterocycles. The summed E-state index contributed by atoms with van der Waals surface area (Å²) >= 11 is 0. The van der Waals surface area contributed by atoms with Gasteiger partial charge in [0.25, 0.3) is 0 Å². The first-order valence-corrected chi connectivity index (χ1v) is 6.05. The van der Waals surface area contributed by atoms with Crippen molar-refractivity contribution in [3.63, 3.8) is 0 Å². The SMILES string of the molecule is c1ccc(C2CCNC3=NCCCN32)cc1. The van der Waals surface area contributed by atoms with E-state index in [0.717, 1.165) is 25.6 Å². The van der Waals surface area contributed by atoms with E-state index >= 15 is 0 Å². The molecule has 1 fully saturated rings. The van der Waals surface area contributed by atoms with Crippen LogP contribution < -0.4 is 5.32 Å². The Kier molecular flexibility index (Phi) is 2.52. The minimum atomic E-state index is 0.515. The fraction of sp³-hybridized carbons (Fsp3) is 0.462. The highest BCUT2D eigenvalue weighted by atomic mass is 15.3. The standard InChI is InChI=1S/C13H17N3/c1-2-5-11(6-3-1)12-7-9-15-13-14-8-4-10-16(12)13/h1-3,5-6,12H,4,7-10H2,(H,14,15). The Bertz CT molecular complexity index is 385. The van der Waals surface area contributed by atoms with Crippen LogP contribution in [0.15, 0.2) is 35.3 Å². The largest absolute Gasteiger partial charge is 0.356 e. The summed E-state index contributed by atoms with van der Waals surface area (Å²) in [6, 6.07) is 11.3. The summed E-state index contributed by atoms with van der Waals surface area (Å²) in [5.41, 5.74) is 1.42. The predicted octanol–water partition coefficient (Wildman–Crippen LogP) is 1.78. The van der Waals surface area contributed by atoms with Gasteiger partial charge >= 0.3 is 0 Å². The molecule has 0 spiro atoms. The van der Waals surface area contributed by atoms with Crippen molar-refractivity contribution in [2.45, 2.75) is 18.9 Å². The maximum Gasteiger partial charge on any atom is 0.194 e. The number of nitrogens with one attached hydrogen (secondary N) is 1. The lowest BCUT2D eigenvalue weighted by molar-refractivity contribution is 0.253. The summed E-state index contributed by atoms with van der Waals surface area (Å²) in [6.07, 6.45) is 2.34. The van der Waals surface area contributed by atoms with Gasteiger partial charge in [-0.25, -0.2) is 0 Å². The molecule has 84 valence electrons. The number of benzene rings is 1. The molecule has 0 aliphatic carbocycles. The molecule has 16 heavy (non-hydrogen) atoms. The van der Waals surface area contributed by atoms with Gasteiger partial charge in [-0.3, -0.25) is 4.99 Å². The third kappa shape index (κ3) is 1.66. The lowest BCUT2D eigenvalue weighted by Gasteiger charge is -2.40. The Labute approximate surface area is 96.2 Å². The molecule has 0 radical (unpaired) electrons. The normalized spacial score (nSPS) is 24.4. The van der Waals surface area contributed by atoms with Crippen molar-refractivity contribution >= 4 is 5.96 Å². The molecule has 0 amide bonds. The number of fused-ring (bicyclic) bond motifs is 1. The average molecular weight is 215 g/mol. The third-order valence-corrected chi connectivity index (χ3v) is 3.35. The summed E-state index contributed by atoms with van der Waals surface area (Å²) in [6.45, 7) is 3.14. The molecule has 1 unspecified atom stereocenters. The molecular weight excluding hydrogens is 198 g/mol. The molecule has 2 aliphatic heterocycles. The molecule has 3 nitrogen and oxygen atoms in total. The van der Waals surface area contributed by atoms with Gasteiger partial charge < -0.3 is 10.2 Å². The Balaban J connectivity index is 1.90. The maximum atomic E-state index is 4.56. The highest BCUT2D eigenvalue weighted by Crippen LogP contribution is 2.27. The van der Waals surface area contributed by atoms with E-state index in [0.29, 0.717) is 6.04 Å². The lowest BCUT2D eigenvalue weighted by atomic mass is 10.00. The molecule has 1 aromatic rings. The second kappa shape index (κ2) is 4.16. The smallest absolute Gasteiger partial charge is 0.194 e. The molecule has 3 heteroatoms. The number of aliphatic imine (C=N–C) groups is 1. The first kappa shape index (κ1) is 9.70. The molecule has 1 atom stereocenters. The summed E-state index contributed by atoms with van der Waals surface area (Å²) in [5, 5.41) is 3.40. The molecule has 0 aromatic heterocycles. The van der Waals surface area contributed by atoms with Gasteiger partial charge in [-0.15, -0.1) is 0 Å². The molecule has 1 saturated heterocycles. The van der Waals surface area contributed by atoms with Gasteiger partial charge in [-0.1, -0.05) is 30.3 Å². The van der Waals surface area contributed by atoms with Gasteiger partial charge in [-0.05, 0) is 18.4 Å². The molecular formula is C13H17N3. The van der Waals surface area contributed by atoms with Gasteiger partial charge in [0.1, 0.15) is 0 Å². The van der Waals surface area contributed by atoms with Crippen LogP contribution in [0.25, 0.3) is 0 Å². The van der Waals surface area contributed by atoms with Crippen LogP contribution in [0.3, 0.4) is 0 Å². The minimum absolute atomic E-state index is 0.515. The topological polar surface area (TPSA) is 27.6 Å². The van der Waals surface area contributed by atoms with E-state index in [4.69, 9.17) is 0 Å². The maximum absolute atomic E-state index is 4.56. The summed E-state index contributed by atoms with van der Waals surface area (Å²) in [5.74, 6) is 1.10. The van der Waals surface area contributed by atoms with Crippen LogP contribution in [-0.2, 0) is 0 Å². The van der Waals surface area contributed by atoms with Crippen molar-refractivity contribution in [1.29, 1.82) is 0 Å². The van der Waals surface area contributed by atoms with Crippen LogP contribution in [0.5, 0.6) is 0 Å². The molecule has 0 saturated carbocycles. The van der Waals surface area contributed by atoms with Crippen molar-refractivity contribution in [2.24, 2.45) is 4.99 Å².